The van der Waals surface area contributed by atoms with Gasteiger partial charge >= 0.3 is 0 Å². The standard InChI is InChI=1S/C18H19N5O2/c1-12(2)25-16-9-8-13(10-19-16)18(24)21-15-7-5-4-6-14(15)17-22-20-11-23(17)3/h4-12H,1-3H3,(H,21,24). The molecular formula is C18H19N5O2. The molecule has 2 heterocycles. The molecule has 1 N–H and O–H groups in total. The fourth-order valence-corrected chi connectivity index (χ4v) is 2.33. The summed E-state index contributed by atoms with van der Waals surface area (Å²) in [6.45, 7) is 3.84. The number of hydrogen-bond donors (Lipinski definition) is 1. The Hall–Kier alpha value is -3.22. The number of amides is 1. The first kappa shape index (κ1) is 16.6. The van der Waals surface area contributed by atoms with E-state index in [0.29, 0.717) is 23.0 Å². The van der Waals surface area contributed by atoms with Gasteiger partial charge in [0.25, 0.3) is 5.91 Å². The molecule has 0 bridgehead atoms. The Bertz CT molecular complexity index is 871. The van der Waals surface area contributed by atoms with Gasteiger partial charge in [0, 0.05) is 24.9 Å². The molecule has 3 aromatic rings. The second-order valence-corrected chi connectivity index (χ2v) is 5.82. The predicted molar refractivity (Wildman–Crippen MR) is 94.4 cm³/mol. The molecule has 0 aliphatic heterocycles. The Morgan fingerprint density at radius 1 is 1.20 bits per heavy atom. The number of aromatic nitrogens is 4. The molecule has 7 nitrogen and oxygen atoms in total. The lowest BCUT2D eigenvalue weighted by Gasteiger charge is -2.11. The third-order valence-corrected chi connectivity index (χ3v) is 3.48. The molecule has 1 amide bonds. The van der Waals surface area contributed by atoms with Crippen molar-refractivity contribution in [2.45, 2.75) is 20.0 Å². The lowest BCUT2D eigenvalue weighted by Crippen LogP contribution is -2.14. The van der Waals surface area contributed by atoms with E-state index in [9.17, 15) is 4.79 Å². The number of carbonyl (C=O) groups excluding carboxylic acids is 1. The summed E-state index contributed by atoms with van der Waals surface area (Å²) in [4.78, 5) is 16.7. The van der Waals surface area contributed by atoms with Crippen LogP contribution in [0.4, 0.5) is 5.69 Å². The van der Waals surface area contributed by atoms with E-state index in [2.05, 4.69) is 20.5 Å². The van der Waals surface area contributed by atoms with Gasteiger partial charge in [-0.05, 0) is 32.0 Å². The zero-order chi connectivity index (χ0) is 17.8. The van der Waals surface area contributed by atoms with Gasteiger partial charge in [0.15, 0.2) is 5.82 Å². The Morgan fingerprint density at radius 3 is 2.64 bits per heavy atom. The molecule has 128 valence electrons. The maximum Gasteiger partial charge on any atom is 0.257 e. The lowest BCUT2D eigenvalue weighted by molar-refractivity contribution is 0.102. The van der Waals surface area contributed by atoms with Crippen LogP contribution in [0.2, 0.25) is 0 Å². The van der Waals surface area contributed by atoms with E-state index in [1.807, 2.05) is 45.2 Å². The highest BCUT2D eigenvalue weighted by atomic mass is 16.5. The predicted octanol–water partition coefficient (Wildman–Crippen LogP) is 2.92. The van der Waals surface area contributed by atoms with Gasteiger partial charge in [0.2, 0.25) is 5.88 Å². The summed E-state index contributed by atoms with van der Waals surface area (Å²) in [5.74, 6) is 0.916. The zero-order valence-electron chi connectivity index (χ0n) is 14.3. The Labute approximate surface area is 145 Å². The summed E-state index contributed by atoms with van der Waals surface area (Å²) in [7, 11) is 1.85. The van der Waals surface area contributed by atoms with Crippen molar-refractivity contribution in [1.82, 2.24) is 19.7 Å². The van der Waals surface area contributed by atoms with Crippen molar-refractivity contribution in [3.8, 4) is 17.3 Å². The van der Waals surface area contributed by atoms with Gasteiger partial charge in [-0.1, -0.05) is 12.1 Å². The highest BCUT2D eigenvalue weighted by Gasteiger charge is 2.13. The van der Waals surface area contributed by atoms with Gasteiger partial charge < -0.3 is 14.6 Å². The average Bonchev–Trinajstić information content (AvgIpc) is 3.01. The highest BCUT2D eigenvalue weighted by molar-refractivity contribution is 6.05. The van der Waals surface area contributed by atoms with Crippen molar-refractivity contribution in [1.29, 1.82) is 0 Å². The molecule has 0 aliphatic rings. The van der Waals surface area contributed by atoms with Gasteiger partial charge in [-0.15, -0.1) is 10.2 Å². The Morgan fingerprint density at radius 2 is 2.00 bits per heavy atom. The van der Waals surface area contributed by atoms with E-state index in [4.69, 9.17) is 4.74 Å². The van der Waals surface area contributed by atoms with Gasteiger partial charge in [-0.3, -0.25) is 4.79 Å². The topological polar surface area (TPSA) is 81.9 Å². The minimum atomic E-state index is -0.252. The van der Waals surface area contributed by atoms with Crippen molar-refractivity contribution >= 4 is 11.6 Å². The molecule has 0 saturated heterocycles. The first-order chi connectivity index (χ1) is 12.0. The summed E-state index contributed by atoms with van der Waals surface area (Å²) < 4.78 is 7.28. The van der Waals surface area contributed by atoms with Crippen LogP contribution in [0.3, 0.4) is 0 Å². The van der Waals surface area contributed by atoms with Crippen LogP contribution in [-0.2, 0) is 7.05 Å². The number of carbonyl (C=O) groups is 1. The zero-order valence-corrected chi connectivity index (χ0v) is 14.3. The molecule has 25 heavy (non-hydrogen) atoms. The summed E-state index contributed by atoms with van der Waals surface area (Å²) in [6.07, 6.45) is 3.15. The number of para-hydroxylation sites is 1. The fraction of sp³-hybridized carbons (Fsp3) is 0.222. The molecule has 1 aromatic carbocycles. The van der Waals surface area contributed by atoms with E-state index in [1.54, 1.807) is 23.0 Å². The minimum absolute atomic E-state index is 0.0328. The summed E-state index contributed by atoms with van der Waals surface area (Å²) >= 11 is 0. The average molecular weight is 337 g/mol. The van der Waals surface area contributed by atoms with Crippen LogP contribution in [0.15, 0.2) is 48.9 Å². The normalized spacial score (nSPS) is 10.7. The van der Waals surface area contributed by atoms with Gasteiger partial charge in [-0.25, -0.2) is 4.98 Å². The number of nitrogens with one attached hydrogen (secondary N) is 1. The second kappa shape index (κ2) is 7.12. The molecule has 0 unspecified atom stereocenters. The molecule has 0 radical (unpaired) electrons. The molecule has 0 fully saturated rings. The van der Waals surface area contributed by atoms with Crippen LogP contribution in [0.25, 0.3) is 11.4 Å². The van der Waals surface area contributed by atoms with Crippen LogP contribution in [0.5, 0.6) is 5.88 Å². The van der Waals surface area contributed by atoms with Gasteiger partial charge in [-0.2, -0.15) is 0 Å². The monoisotopic (exact) mass is 337 g/mol. The largest absolute Gasteiger partial charge is 0.475 e. The number of nitrogens with zero attached hydrogens (tertiary/aromatic N) is 4. The van der Waals surface area contributed by atoms with Crippen molar-refractivity contribution in [3.05, 3.63) is 54.5 Å². The van der Waals surface area contributed by atoms with E-state index >= 15 is 0 Å². The first-order valence-corrected chi connectivity index (χ1v) is 7.92. The molecule has 2 aromatic heterocycles. The minimum Gasteiger partial charge on any atom is -0.475 e. The van der Waals surface area contributed by atoms with Crippen LogP contribution < -0.4 is 10.1 Å². The number of ether oxygens (including phenoxy) is 1. The summed E-state index contributed by atoms with van der Waals surface area (Å²) in [5.41, 5.74) is 1.90. The Balaban J connectivity index is 1.81. The maximum absolute atomic E-state index is 12.5. The van der Waals surface area contributed by atoms with E-state index in [0.717, 1.165) is 5.56 Å². The number of benzene rings is 1. The number of hydrogen-bond acceptors (Lipinski definition) is 5. The van der Waals surface area contributed by atoms with Crippen molar-refractivity contribution in [2.75, 3.05) is 5.32 Å². The summed E-state index contributed by atoms with van der Waals surface area (Å²) in [5, 5.41) is 10.9. The number of anilines is 1. The Kier molecular flexibility index (Phi) is 4.74. The quantitative estimate of drug-likeness (QED) is 0.774. The van der Waals surface area contributed by atoms with Crippen LogP contribution in [0.1, 0.15) is 24.2 Å². The smallest absolute Gasteiger partial charge is 0.257 e. The molecule has 7 heteroatoms. The first-order valence-electron chi connectivity index (χ1n) is 7.92. The maximum atomic E-state index is 12.5. The molecule has 0 atom stereocenters. The SMILES string of the molecule is CC(C)Oc1ccc(C(=O)Nc2ccccc2-c2nncn2C)cn1. The van der Waals surface area contributed by atoms with Gasteiger partial charge in [0.05, 0.1) is 17.4 Å². The van der Waals surface area contributed by atoms with Crippen molar-refractivity contribution < 1.29 is 9.53 Å². The highest BCUT2D eigenvalue weighted by Crippen LogP contribution is 2.26. The summed E-state index contributed by atoms with van der Waals surface area (Å²) in [6, 6.07) is 10.8. The molecule has 0 spiro atoms. The lowest BCUT2D eigenvalue weighted by atomic mass is 10.1. The third-order valence-electron chi connectivity index (χ3n) is 3.48. The van der Waals surface area contributed by atoms with Crippen LogP contribution >= 0.6 is 0 Å². The molecule has 0 saturated carbocycles. The molecule has 0 aliphatic carbocycles. The van der Waals surface area contributed by atoms with E-state index < -0.39 is 0 Å². The van der Waals surface area contributed by atoms with Crippen LogP contribution in [0, 0.1) is 0 Å². The van der Waals surface area contributed by atoms with Crippen molar-refractivity contribution in [3.63, 3.8) is 0 Å². The number of rotatable bonds is 5. The second-order valence-electron chi connectivity index (χ2n) is 5.82. The van der Waals surface area contributed by atoms with Crippen LogP contribution in [-0.4, -0.2) is 31.8 Å². The fourth-order valence-electron chi connectivity index (χ4n) is 2.33. The van der Waals surface area contributed by atoms with E-state index in [1.165, 1.54) is 6.20 Å². The van der Waals surface area contributed by atoms with E-state index in [-0.39, 0.29) is 12.0 Å². The third kappa shape index (κ3) is 3.82. The van der Waals surface area contributed by atoms with Gasteiger partial charge in [0.1, 0.15) is 6.33 Å². The molecule has 3 rings (SSSR count). The number of aryl methyl sites for hydroxylation is 1. The van der Waals surface area contributed by atoms with Crippen molar-refractivity contribution in [2.24, 2.45) is 7.05 Å². The number of pyridine rings is 1. The molecular weight excluding hydrogens is 318 g/mol.